The van der Waals surface area contributed by atoms with Crippen LogP contribution in [0.5, 0.6) is 0 Å². The van der Waals surface area contributed by atoms with E-state index in [2.05, 4.69) is 9.47 Å². The summed E-state index contributed by atoms with van der Waals surface area (Å²) in [5.41, 5.74) is -17.1. The summed E-state index contributed by atoms with van der Waals surface area (Å²) in [5.74, 6) is -13.9. The number of halogens is 18. The lowest BCUT2D eigenvalue weighted by atomic mass is 9.84. The van der Waals surface area contributed by atoms with Crippen molar-refractivity contribution in [2.45, 2.75) is 87.2 Å². The Morgan fingerprint density at radius 2 is 0.647 bits per heavy atom. The van der Waals surface area contributed by atoms with Crippen molar-refractivity contribution in [1.29, 1.82) is 0 Å². The fraction of sp³-hybridized carbons (Fsp3) is 1.00. The predicted octanol–water partition coefficient (Wildman–Crippen LogP) is 7.43. The molecule has 206 valence electrons. The first kappa shape index (κ1) is 32.7. The van der Waals surface area contributed by atoms with Gasteiger partial charge >= 0.3 is 48.3 Å². The van der Waals surface area contributed by atoms with Gasteiger partial charge in [-0.2, -0.15) is 74.6 Å². The second kappa shape index (κ2) is 8.09. The van der Waals surface area contributed by atoms with Gasteiger partial charge in [-0.15, -0.1) is 0 Å². The third-order valence-electron chi connectivity index (χ3n) is 4.22. The summed E-state index contributed by atoms with van der Waals surface area (Å²) in [6.45, 7) is -3.03. The van der Waals surface area contributed by atoms with Gasteiger partial charge in [0.1, 0.15) is 11.2 Å². The average Bonchev–Trinajstić information content (AvgIpc) is 2.47. The maximum atomic E-state index is 14.8. The zero-order valence-corrected chi connectivity index (χ0v) is 16.6. The molecule has 34 heavy (non-hydrogen) atoms. The molecular formula is C14H12F18O2. The predicted molar refractivity (Wildman–Crippen MR) is 72.1 cm³/mol. The monoisotopic (exact) mass is 554 g/mol. The lowest BCUT2D eigenvalue weighted by molar-refractivity contribution is -0.492. The number of hydrogen-bond donors (Lipinski definition) is 0. The number of alkyl halides is 18. The van der Waals surface area contributed by atoms with E-state index in [-0.39, 0.29) is 0 Å². The summed E-state index contributed by atoms with van der Waals surface area (Å²) in [6.07, 6.45) is -35.8. The van der Waals surface area contributed by atoms with Gasteiger partial charge in [-0.1, -0.05) is 0 Å². The van der Waals surface area contributed by atoms with E-state index >= 15 is 0 Å². The van der Waals surface area contributed by atoms with Crippen LogP contribution in [0.25, 0.3) is 0 Å². The molecule has 1 unspecified atom stereocenters. The van der Waals surface area contributed by atoms with Crippen LogP contribution in [-0.4, -0.2) is 59.5 Å². The van der Waals surface area contributed by atoms with Gasteiger partial charge in [-0.05, 0) is 27.7 Å². The number of ether oxygens (including phenoxy) is 2. The Morgan fingerprint density at radius 3 is 0.912 bits per heavy atom. The van der Waals surface area contributed by atoms with E-state index in [1.165, 1.54) is 0 Å². The van der Waals surface area contributed by atoms with Crippen molar-refractivity contribution < 1.29 is 88.5 Å². The molecular weight excluding hydrogens is 542 g/mol. The van der Waals surface area contributed by atoms with Crippen LogP contribution >= 0.6 is 0 Å². The maximum absolute atomic E-state index is 14.8. The minimum Gasteiger partial charge on any atom is -0.305 e. The Hall–Kier alpha value is -1.34. The Balaban J connectivity index is 6.81. The highest BCUT2D eigenvalue weighted by atomic mass is 19.4. The lowest BCUT2D eigenvalue weighted by Crippen LogP contribution is -2.73. The van der Waals surface area contributed by atoms with Crippen LogP contribution in [-0.2, 0) is 9.47 Å². The first-order valence-corrected chi connectivity index (χ1v) is 7.97. The SMILES string of the molecule is CC(C)(OC(F)(F)C(F)(C(F)(F)F)C(C)(C)OC(F)(F)C(F)(F)C(F)(F)F)C(F)(F)C(F)(F)F. The molecule has 0 aliphatic rings. The Morgan fingerprint density at radius 1 is 0.353 bits per heavy atom. The minimum absolute atomic E-state index is 0.633. The Labute approximate surface area is 177 Å². The first-order chi connectivity index (χ1) is 14.2. The van der Waals surface area contributed by atoms with Crippen LogP contribution in [0, 0.1) is 0 Å². The molecule has 0 aromatic carbocycles. The van der Waals surface area contributed by atoms with E-state index < -0.39 is 87.2 Å². The largest absolute Gasteiger partial charge is 0.462 e. The molecule has 0 N–H and O–H groups in total. The smallest absolute Gasteiger partial charge is 0.305 e. The standard InChI is InChI=1S/C14H12F18O2/c1-5(2,33-14(31,32)9(18,19)12(26,27)28)7(15,10(20,21)22)13(29,30)34-6(3,4)8(16,17)11(23,24)25/h1-4H3. The van der Waals surface area contributed by atoms with E-state index in [4.69, 9.17) is 0 Å². The number of rotatable bonds is 8. The second-order valence-corrected chi connectivity index (χ2v) is 7.56. The van der Waals surface area contributed by atoms with Crippen LogP contribution in [0.1, 0.15) is 27.7 Å². The van der Waals surface area contributed by atoms with Crippen molar-refractivity contribution in [3.8, 4) is 0 Å². The normalized spacial score (nSPS) is 18.2. The second-order valence-electron chi connectivity index (χ2n) is 7.56. The van der Waals surface area contributed by atoms with Gasteiger partial charge < -0.3 is 9.47 Å². The van der Waals surface area contributed by atoms with E-state index in [0.717, 1.165) is 0 Å². The van der Waals surface area contributed by atoms with E-state index in [0.29, 0.717) is 0 Å². The van der Waals surface area contributed by atoms with Gasteiger partial charge in [0.15, 0.2) is 0 Å². The molecule has 2 nitrogen and oxygen atoms in total. The first-order valence-electron chi connectivity index (χ1n) is 7.97. The van der Waals surface area contributed by atoms with Crippen molar-refractivity contribution in [3.63, 3.8) is 0 Å². The Bertz CT molecular complexity index is 674. The molecule has 0 amide bonds. The van der Waals surface area contributed by atoms with Crippen molar-refractivity contribution in [1.82, 2.24) is 0 Å². The molecule has 0 aromatic heterocycles. The van der Waals surface area contributed by atoms with E-state index in [1.54, 1.807) is 0 Å². The molecule has 0 radical (unpaired) electrons. The van der Waals surface area contributed by atoms with Gasteiger partial charge in [-0.25, -0.2) is 4.39 Å². The van der Waals surface area contributed by atoms with Crippen LogP contribution in [0.2, 0.25) is 0 Å². The van der Waals surface area contributed by atoms with E-state index in [9.17, 15) is 79.0 Å². The number of hydrogen-bond acceptors (Lipinski definition) is 2. The van der Waals surface area contributed by atoms with Crippen LogP contribution in [0.15, 0.2) is 0 Å². The fourth-order valence-corrected chi connectivity index (χ4v) is 2.27. The van der Waals surface area contributed by atoms with Gasteiger partial charge in [0.25, 0.3) is 0 Å². The third-order valence-corrected chi connectivity index (χ3v) is 4.22. The topological polar surface area (TPSA) is 18.5 Å². The molecule has 0 spiro atoms. The molecule has 0 aromatic rings. The van der Waals surface area contributed by atoms with Crippen molar-refractivity contribution >= 4 is 0 Å². The molecule has 0 heterocycles. The van der Waals surface area contributed by atoms with Crippen LogP contribution in [0.4, 0.5) is 79.0 Å². The van der Waals surface area contributed by atoms with Crippen LogP contribution in [0.3, 0.4) is 0 Å². The molecule has 0 bridgehead atoms. The summed E-state index contributed by atoms with van der Waals surface area (Å²) in [4.78, 5) is 0. The lowest BCUT2D eigenvalue weighted by Gasteiger charge is -2.48. The zero-order chi connectivity index (χ0) is 28.4. The van der Waals surface area contributed by atoms with E-state index in [1.807, 2.05) is 0 Å². The maximum Gasteiger partial charge on any atom is 0.462 e. The molecule has 0 fully saturated rings. The summed E-state index contributed by atoms with van der Waals surface area (Å²) >= 11 is 0. The highest BCUT2D eigenvalue weighted by Crippen LogP contribution is 2.59. The molecule has 0 aliphatic carbocycles. The highest BCUT2D eigenvalue weighted by Gasteiger charge is 2.85. The van der Waals surface area contributed by atoms with Crippen molar-refractivity contribution in [3.05, 3.63) is 0 Å². The van der Waals surface area contributed by atoms with Crippen molar-refractivity contribution in [2.24, 2.45) is 0 Å². The molecule has 0 saturated carbocycles. The third kappa shape index (κ3) is 4.97. The molecule has 0 aliphatic heterocycles. The van der Waals surface area contributed by atoms with Crippen LogP contribution < -0.4 is 0 Å². The van der Waals surface area contributed by atoms with Gasteiger partial charge in [0, 0.05) is 0 Å². The van der Waals surface area contributed by atoms with Gasteiger partial charge in [-0.3, -0.25) is 0 Å². The summed E-state index contributed by atoms with van der Waals surface area (Å²) in [6, 6.07) is 0. The molecule has 0 saturated heterocycles. The van der Waals surface area contributed by atoms with Gasteiger partial charge in [0.05, 0.1) is 0 Å². The summed E-state index contributed by atoms with van der Waals surface area (Å²) in [5, 5.41) is 0. The molecule has 20 heteroatoms. The highest BCUT2D eigenvalue weighted by molar-refractivity contribution is 5.10. The van der Waals surface area contributed by atoms with Gasteiger partial charge in [0.2, 0.25) is 0 Å². The summed E-state index contributed by atoms with van der Waals surface area (Å²) < 4.78 is 241. The summed E-state index contributed by atoms with van der Waals surface area (Å²) in [7, 11) is 0. The zero-order valence-electron chi connectivity index (χ0n) is 16.6. The average molecular weight is 554 g/mol. The minimum atomic E-state index is -7.43. The molecule has 0 rings (SSSR count). The quantitative estimate of drug-likeness (QED) is 0.291. The Kier molecular flexibility index (Phi) is 7.77. The molecule has 1 atom stereocenters. The fourth-order valence-electron chi connectivity index (χ4n) is 2.27. The van der Waals surface area contributed by atoms with Crippen molar-refractivity contribution in [2.75, 3.05) is 0 Å².